The van der Waals surface area contributed by atoms with Gasteiger partial charge in [0.05, 0.1) is 0 Å². The van der Waals surface area contributed by atoms with Crippen LogP contribution in [-0.4, -0.2) is 35.8 Å². The van der Waals surface area contributed by atoms with E-state index in [4.69, 9.17) is 0 Å². The largest absolute Gasteiger partial charge is 0.341 e. The van der Waals surface area contributed by atoms with Gasteiger partial charge in [0, 0.05) is 18.7 Å². The predicted octanol–water partition coefficient (Wildman–Crippen LogP) is 7.36. The average Bonchev–Trinajstić information content (AvgIpc) is 3.34. The maximum Gasteiger partial charge on any atom is 0.251 e. The molecular weight excluding hydrogens is 487 g/mol. The third kappa shape index (κ3) is 6.76. The molecule has 2 amide bonds. The molecule has 1 saturated carbocycles. The fraction of sp³-hybridized carbons (Fsp3) is 0.412. The van der Waals surface area contributed by atoms with Crippen LogP contribution in [0.5, 0.6) is 0 Å². The normalized spacial score (nSPS) is 21.0. The molecule has 39 heavy (non-hydrogen) atoms. The second kappa shape index (κ2) is 12.1. The van der Waals surface area contributed by atoms with Gasteiger partial charge in [0.25, 0.3) is 5.91 Å². The third-order valence-corrected chi connectivity index (χ3v) is 8.64. The Labute approximate surface area is 231 Å². The van der Waals surface area contributed by atoms with Crippen LogP contribution in [0, 0.1) is 11.2 Å². The highest BCUT2D eigenvalue weighted by molar-refractivity contribution is 5.98. The lowest BCUT2D eigenvalue weighted by Gasteiger charge is -2.24. The SMILES string of the molecule is CC1(CCCCC[C@H](NC(=O)c2ccc(-c3ccccc3)cc2)C(=O)N2CCCC2)C[C@H]1c1ccc(F)cc1. The lowest BCUT2D eigenvalue weighted by Crippen LogP contribution is -2.47. The summed E-state index contributed by atoms with van der Waals surface area (Å²) in [6, 6.07) is 24.1. The van der Waals surface area contributed by atoms with Gasteiger partial charge in [-0.3, -0.25) is 9.59 Å². The first-order valence-electron chi connectivity index (χ1n) is 14.4. The topological polar surface area (TPSA) is 49.4 Å². The molecule has 0 bridgehead atoms. The summed E-state index contributed by atoms with van der Waals surface area (Å²) in [5.41, 5.74) is 4.25. The van der Waals surface area contributed by atoms with E-state index in [9.17, 15) is 14.0 Å². The van der Waals surface area contributed by atoms with E-state index in [2.05, 4.69) is 12.2 Å². The van der Waals surface area contributed by atoms with Gasteiger partial charge >= 0.3 is 0 Å². The number of nitrogens with zero attached hydrogens (tertiary/aromatic N) is 1. The molecule has 1 saturated heterocycles. The van der Waals surface area contributed by atoms with E-state index in [0.29, 0.717) is 17.9 Å². The third-order valence-electron chi connectivity index (χ3n) is 8.64. The molecule has 4 nitrogen and oxygen atoms in total. The number of carbonyl (C=O) groups excluding carboxylic acids is 2. The molecule has 3 aromatic rings. The van der Waals surface area contributed by atoms with Gasteiger partial charge in [-0.25, -0.2) is 4.39 Å². The maximum absolute atomic E-state index is 13.3. The van der Waals surface area contributed by atoms with E-state index in [1.807, 2.05) is 71.6 Å². The first-order valence-corrected chi connectivity index (χ1v) is 14.4. The van der Waals surface area contributed by atoms with Crippen molar-refractivity contribution in [2.24, 2.45) is 5.41 Å². The fourth-order valence-electron chi connectivity index (χ4n) is 6.05. The van der Waals surface area contributed by atoms with Gasteiger partial charge < -0.3 is 10.2 Å². The van der Waals surface area contributed by atoms with Gasteiger partial charge in [0.1, 0.15) is 11.9 Å². The number of halogens is 1. The van der Waals surface area contributed by atoms with Crippen LogP contribution >= 0.6 is 0 Å². The van der Waals surface area contributed by atoms with E-state index < -0.39 is 6.04 Å². The van der Waals surface area contributed by atoms with Crippen LogP contribution in [0.1, 0.15) is 80.1 Å². The Balaban J connectivity index is 1.13. The van der Waals surface area contributed by atoms with E-state index in [-0.39, 0.29) is 23.0 Å². The Morgan fingerprint density at radius 2 is 1.56 bits per heavy atom. The van der Waals surface area contributed by atoms with E-state index in [1.54, 1.807) is 12.1 Å². The van der Waals surface area contributed by atoms with Crippen molar-refractivity contribution in [1.29, 1.82) is 0 Å². The van der Waals surface area contributed by atoms with Crippen molar-refractivity contribution in [1.82, 2.24) is 10.2 Å². The minimum absolute atomic E-state index is 0.0484. The van der Waals surface area contributed by atoms with Gasteiger partial charge in [-0.1, -0.05) is 80.8 Å². The molecule has 5 heteroatoms. The monoisotopic (exact) mass is 526 g/mol. The van der Waals surface area contributed by atoms with Crippen LogP contribution in [0.25, 0.3) is 11.1 Å². The quantitative estimate of drug-likeness (QED) is 0.265. The van der Waals surface area contributed by atoms with Gasteiger partial charge in [-0.15, -0.1) is 0 Å². The summed E-state index contributed by atoms with van der Waals surface area (Å²) in [5.74, 6) is 0.178. The van der Waals surface area contributed by atoms with Crippen molar-refractivity contribution >= 4 is 11.8 Å². The molecule has 2 aliphatic rings. The fourth-order valence-corrected chi connectivity index (χ4v) is 6.05. The highest BCUT2D eigenvalue weighted by Gasteiger charge is 2.49. The van der Waals surface area contributed by atoms with Crippen molar-refractivity contribution in [3.8, 4) is 11.1 Å². The highest BCUT2D eigenvalue weighted by Crippen LogP contribution is 2.61. The van der Waals surface area contributed by atoms with Gasteiger partial charge in [-0.05, 0) is 84.4 Å². The summed E-state index contributed by atoms with van der Waals surface area (Å²) >= 11 is 0. The van der Waals surface area contributed by atoms with Crippen molar-refractivity contribution in [2.75, 3.05) is 13.1 Å². The van der Waals surface area contributed by atoms with E-state index >= 15 is 0 Å². The van der Waals surface area contributed by atoms with Crippen LogP contribution in [0.3, 0.4) is 0 Å². The Hall–Kier alpha value is -3.47. The van der Waals surface area contributed by atoms with Crippen LogP contribution in [-0.2, 0) is 4.79 Å². The Kier molecular flexibility index (Phi) is 8.44. The molecule has 1 unspecified atom stereocenters. The minimum atomic E-state index is -0.493. The van der Waals surface area contributed by atoms with Gasteiger partial charge in [0.15, 0.2) is 0 Å². The van der Waals surface area contributed by atoms with Crippen molar-refractivity contribution in [3.63, 3.8) is 0 Å². The number of amides is 2. The molecule has 1 aliphatic heterocycles. The Morgan fingerprint density at radius 3 is 2.26 bits per heavy atom. The number of benzene rings is 3. The maximum atomic E-state index is 13.3. The zero-order valence-electron chi connectivity index (χ0n) is 22.9. The second-order valence-corrected chi connectivity index (χ2v) is 11.6. The number of likely N-dealkylation sites (tertiary alicyclic amines) is 1. The minimum Gasteiger partial charge on any atom is -0.341 e. The van der Waals surface area contributed by atoms with Crippen LogP contribution in [0.15, 0.2) is 78.9 Å². The standard InChI is InChI=1S/C34H39FN2O2/c1-34(24-30(34)27-17-19-29(35)20-18-27)21-7-3-6-12-31(33(39)37-22-8-9-23-37)36-32(38)28-15-13-26(14-16-28)25-10-4-2-5-11-25/h2,4-5,10-11,13-20,30-31H,3,6-9,12,21-24H2,1H3,(H,36,38)/t30-,31-,34?/m0/s1. The molecule has 1 N–H and O–H groups in total. The molecule has 3 atom stereocenters. The van der Waals surface area contributed by atoms with Crippen molar-refractivity contribution < 1.29 is 14.0 Å². The summed E-state index contributed by atoms with van der Waals surface area (Å²) in [4.78, 5) is 28.3. The van der Waals surface area contributed by atoms with Crippen LogP contribution in [0.4, 0.5) is 4.39 Å². The molecule has 204 valence electrons. The number of carbonyl (C=O) groups is 2. The lowest BCUT2D eigenvalue weighted by molar-refractivity contribution is -0.132. The van der Waals surface area contributed by atoms with Gasteiger partial charge in [0.2, 0.25) is 5.91 Å². The molecule has 5 rings (SSSR count). The van der Waals surface area contributed by atoms with Crippen LogP contribution < -0.4 is 5.32 Å². The molecule has 2 fully saturated rings. The zero-order chi connectivity index (χ0) is 27.2. The summed E-state index contributed by atoms with van der Waals surface area (Å²) in [6.45, 7) is 3.88. The van der Waals surface area contributed by atoms with Crippen molar-refractivity contribution in [2.45, 2.75) is 70.3 Å². The Bertz CT molecular complexity index is 1250. The molecule has 0 spiro atoms. The number of rotatable bonds is 11. The summed E-state index contributed by atoms with van der Waals surface area (Å²) < 4.78 is 13.3. The summed E-state index contributed by atoms with van der Waals surface area (Å²) in [7, 11) is 0. The second-order valence-electron chi connectivity index (χ2n) is 11.6. The first kappa shape index (κ1) is 27.1. The molecule has 0 radical (unpaired) electrons. The number of unbranched alkanes of at least 4 members (excludes halogenated alkanes) is 2. The average molecular weight is 527 g/mol. The molecule has 3 aromatic carbocycles. The number of nitrogens with one attached hydrogen (secondary N) is 1. The predicted molar refractivity (Wildman–Crippen MR) is 154 cm³/mol. The summed E-state index contributed by atoms with van der Waals surface area (Å²) in [5, 5.41) is 3.06. The first-order chi connectivity index (χ1) is 18.9. The number of hydrogen-bond acceptors (Lipinski definition) is 2. The van der Waals surface area contributed by atoms with Gasteiger partial charge in [-0.2, -0.15) is 0 Å². The molecular formula is C34H39FN2O2. The van der Waals surface area contributed by atoms with E-state index in [0.717, 1.165) is 69.2 Å². The smallest absolute Gasteiger partial charge is 0.251 e. The van der Waals surface area contributed by atoms with E-state index in [1.165, 1.54) is 5.56 Å². The van der Waals surface area contributed by atoms with Crippen molar-refractivity contribution in [3.05, 3.63) is 95.8 Å². The number of hydrogen-bond donors (Lipinski definition) is 1. The molecule has 1 aliphatic carbocycles. The summed E-state index contributed by atoms with van der Waals surface area (Å²) in [6.07, 6.45) is 8.00. The molecule has 1 heterocycles. The Morgan fingerprint density at radius 1 is 0.897 bits per heavy atom. The lowest BCUT2D eigenvalue weighted by atomic mass is 9.94. The highest BCUT2D eigenvalue weighted by atomic mass is 19.1. The zero-order valence-corrected chi connectivity index (χ0v) is 22.9. The van der Waals surface area contributed by atoms with Crippen LogP contribution in [0.2, 0.25) is 0 Å². The molecule has 0 aromatic heterocycles.